The van der Waals surface area contributed by atoms with Crippen molar-refractivity contribution in [1.82, 2.24) is 25.1 Å². The molecule has 160 valence electrons. The third-order valence-electron chi connectivity index (χ3n) is 5.57. The van der Waals surface area contributed by atoms with E-state index in [-0.39, 0.29) is 18.7 Å². The maximum atomic E-state index is 11.3. The molecule has 2 aliphatic rings. The summed E-state index contributed by atoms with van der Waals surface area (Å²) in [6.07, 6.45) is 0.850. The van der Waals surface area contributed by atoms with E-state index >= 15 is 0 Å². The minimum Gasteiger partial charge on any atom is -0.492 e. The topological polar surface area (TPSA) is 104 Å². The second-order valence-corrected chi connectivity index (χ2v) is 7.53. The summed E-state index contributed by atoms with van der Waals surface area (Å²) in [6, 6.07) is 9.16. The fourth-order valence-corrected chi connectivity index (χ4v) is 4.20. The fourth-order valence-electron chi connectivity index (χ4n) is 4.20. The van der Waals surface area contributed by atoms with Crippen LogP contribution in [0.1, 0.15) is 29.9 Å². The molecule has 5 rings (SSSR count). The molecule has 3 heterocycles. The van der Waals surface area contributed by atoms with Gasteiger partial charge in [-0.1, -0.05) is 0 Å². The zero-order valence-electron chi connectivity index (χ0n) is 17.5. The number of amides is 1. The van der Waals surface area contributed by atoms with E-state index in [1.165, 1.54) is 6.92 Å². The molecule has 1 aromatic heterocycles. The molecule has 1 atom stereocenters. The molecule has 0 fully saturated rings. The van der Waals surface area contributed by atoms with E-state index in [0.29, 0.717) is 28.8 Å². The average molecular weight is 422 g/mol. The van der Waals surface area contributed by atoms with Crippen LogP contribution >= 0.6 is 0 Å². The number of rotatable bonds is 4. The van der Waals surface area contributed by atoms with Crippen LogP contribution in [0.3, 0.4) is 0 Å². The third-order valence-corrected chi connectivity index (χ3v) is 5.57. The number of likely N-dealkylation sites (N-methyl/N-ethyl adjacent to an activating group) is 1. The normalized spacial score (nSPS) is 17.3. The van der Waals surface area contributed by atoms with Gasteiger partial charge in [0.15, 0.2) is 17.3 Å². The number of hydrogen-bond donors (Lipinski definition) is 1. The maximum absolute atomic E-state index is 11.3. The highest BCUT2D eigenvalue weighted by molar-refractivity contribution is 5.88. The van der Waals surface area contributed by atoms with Gasteiger partial charge in [0.2, 0.25) is 18.4 Å². The smallest absolute Gasteiger partial charge is 0.231 e. The molecular formula is C21H22N6O4. The Morgan fingerprint density at radius 2 is 2.06 bits per heavy atom. The first-order valence-corrected chi connectivity index (χ1v) is 9.92. The molecule has 0 saturated carbocycles. The van der Waals surface area contributed by atoms with Crippen LogP contribution in [0.2, 0.25) is 0 Å². The SMILES string of the molecule is COc1c2c(cc3c1C(c1nnnn1-c1ccc(NC(C)=O)cc1)N(C)CC3)OCO2. The van der Waals surface area contributed by atoms with E-state index in [1.807, 2.05) is 37.4 Å². The highest BCUT2D eigenvalue weighted by Crippen LogP contribution is 2.50. The Morgan fingerprint density at radius 1 is 1.26 bits per heavy atom. The van der Waals surface area contributed by atoms with Crippen LogP contribution in [-0.4, -0.2) is 58.5 Å². The zero-order chi connectivity index (χ0) is 21.5. The molecule has 0 aliphatic carbocycles. The quantitative estimate of drug-likeness (QED) is 0.680. The summed E-state index contributed by atoms with van der Waals surface area (Å²) in [7, 11) is 3.67. The van der Waals surface area contributed by atoms with E-state index < -0.39 is 0 Å². The van der Waals surface area contributed by atoms with Crippen molar-refractivity contribution in [1.29, 1.82) is 0 Å². The maximum Gasteiger partial charge on any atom is 0.231 e. The van der Waals surface area contributed by atoms with Gasteiger partial charge in [0, 0.05) is 24.7 Å². The lowest BCUT2D eigenvalue weighted by Crippen LogP contribution is -2.35. The van der Waals surface area contributed by atoms with Crippen molar-refractivity contribution in [3.05, 3.63) is 47.3 Å². The van der Waals surface area contributed by atoms with Crippen molar-refractivity contribution in [3.8, 4) is 22.9 Å². The minimum atomic E-state index is -0.238. The Balaban J connectivity index is 1.60. The van der Waals surface area contributed by atoms with Crippen molar-refractivity contribution < 1.29 is 19.0 Å². The van der Waals surface area contributed by atoms with E-state index in [4.69, 9.17) is 14.2 Å². The van der Waals surface area contributed by atoms with Crippen LogP contribution in [0, 0.1) is 0 Å². The first-order valence-electron chi connectivity index (χ1n) is 9.92. The van der Waals surface area contributed by atoms with Crippen molar-refractivity contribution in [2.45, 2.75) is 19.4 Å². The molecule has 1 unspecified atom stereocenters. The number of tetrazole rings is 1. The van der Waals surface area contributed by atoms with E-state index in [9.17, 15) is 4.79 Å². The van der Waals surface area contributed by atoms with Gasteiger partial charge >= 0.3 is 0 Å². The number of fused-ring (bicyclic) bond motifs is 2. The number of aromatic nitrogens is 4. The molecule has 10 nitrogen and oxygen atoms in total. The van der Waals surface area contributed by atoms with Gasteiger partial charge in [0.1, 0.15) is 6.04 Å². The van der Waals surface area contributed by atoms with Gasteiger partial charge in [-0.3, -0.25) is 9.69 Å². The van der Waals surface area contributed by atoms with Crippen LogP contribution in [0.4, 0.5) is 5.69 Å². The number of hydrogen-bond acceptors (Lipinski definition) is 8. The molecule has 0 radical (unpaired) electrons. The van der Waals surface area contributed by atoms with Crippen LogP contribution < -0.4 is 19.5 Å². The number of benzene rings is 2. The molecule has 0 spiro atoms. The molecule has 1 amide bonds. The summed E-state index contributed by atoms with van der Waals surface area (Å²) in [5, 5.41) is 15.3. The van der Waals surface area contributed by atoms with E-state index in [0.717, 1.165) is 29.8 Å². The number of ether oxygens (including phenoxy) is 3. The van der Waals surface area contributed by atoms with Gasteiger partial charge in [-0.2, -0.15) is 4.68 Å². The predicted molar refractivity (Wildman–Crippen MR) is 111 cm³/mol. The highest BCUT2D eigenvalue weighted by Gasteiger charge is 2.37. The first kappa shape index (κ1) is 19.3. The van der Waals surface area contributed by atoms with Crippen molar-refractivity contribution in [3.63, 3.8) is 0 Å². The number of nitrogens with zero attached hydrogens (tertiary/aromatic N) is 5. The second kappa shape index (κ2) is 7.55. The summed E-state index contributed by atoms with van der Waals surface area (Å²) in [4.78, 5) is 13.5. The lowest BCUT2D eigenvalue weighted by atomic mass is 9.90. The van der Waals surface area contributed by atoms with Crippen LogP contribution in [-0.2, 0) is 11.2 Å². The monoisotopic (exact) mass is 422 g/mol. The predicted octanol–water partition coefficient (Wildman–Crippen LogP) is 1.94. The molecule has 10 heteroatoms. The Hall–Kier alpha value is -3.66. The van der Waals surface area contributed by atoms with E-state index in [2.05, 4.69) is 25.7 Å². The van der Waals surface area contributed by atoms with Gasteiger partial charge < -0.3 is 19.5 Å². The average Bonchev–Trinajstić information content (AvgIpc) is 3.42. The van der Waals surface area contributed by atoms with Gasteiger partial charge in [0.05, 0.1) is 12.8 Å². The van der Waals surface area contributed by atoms with Gasteiger partial charge in [0.25, 0.3) is 0 Å². The summed E-state index contributed by atoms with van der Waals surface area (Å²) in [5.74, 6) is 2.50. The number of nitrogens with one attached hydrogen (secondary N) is 1. The largest absolute Gasteiger partial charge is 0.492 e. The second-order valence-electron chi connectivity index (χ2n) is 7.53. The summed E-state index contributed by atoms with van der Waals surface area (Å²) in [5.41, 5.74) is 3.60. The molecule has 31 heavy (non-hydrogen) atoms. The standard InChI is InChI=1S/C21H22N6O4/c1-12(28)22-14-4-6-15(7-5-14)27-21(23-24-25-27)18-17-13(8-9-26(18)2)10-16-19(20(17)29-3)31-11-30-16/h4-7,10,18H,8-9,11H2,1-3H3,(H,22,28). The molecular weight excluding hydrogens is 400 g/mol. The Labute approximate surface area is 178 Å². The first-order chi connectivity index (χ1) is 15.1. The number of methoxy groups -OCH3 is 1. The van der Waals surface area contributed by atoms with Crippen molar-refractivity contribution in [2.24, 2.45) is 0 Å². The fraction of sp³-hybridized carbons (Fsp3) is 0.333. The van der Waals surface area contributed by atoms with Crippen LogP contribution in [0.5, 0.6) is 17.2 Å². The molecule has 2 aliphatic heterocycles. The molecule has 1 N–H and O–H groups in total. The van der Waals surface area contributed by atoms with Crippen LogP contribution in [0.15, 0.2) is 30.3 Å². The number of carbonyl (C=O) groups is 1. The molecule has 3 aromatic rings. The van der Waals surface area contributed by atoms with Crippen molar-refractivity contribution >= 4 is 11.6 Å². The van der Waals surface area contributed by atoms with E-state index in [1.54, 1.807) is 11.8 Å². The summed E-state index contributed by atoms with van der Waals surface area (Å²) in [6.45, 7) is 2.48. The Bertz CT molecular complexity index is 1140. The summed E-state index contributed by atoms with van der Waals surface area (Å²) >= 11 is 0. The number of carbonyl (C=O) groups excluding carboxylic acids is 1. The lowest BCUT2D eigenvalue weighted by molar-refractivity contribution is -0.114. The minimum absolute atomic E-state index is 0.123. The molecule has 0 bridgehead atoms. The van der Waals surface area contributed by atoms with Crippen LogP contribution in [0.25, 0.3) is 5.69 Å². The van der Waals surface area contributed by atoms with Crippen molar-refractivity contribution in [2.75, 3.05) is 32.8 Å². The van der Waals surface area contributed by atoms with Gasteiger partial charge in [-0.15, -0.1) is 5.10 Å². The highest BCUT2D eigenvalue weighted by atomic mass is 16.7. The van der Waals surface area contributed by atoms with Gasteiger partial charge in [-0.05, 0) is 59.8 Å². The zero-order valence-corrected chi connectivity index (χ0v) is 17.5. The summed E-state index contributed by atoms with van der Waals surface area (Å²) < 4.78 is 18.8. The molecule has 2 aromatic carbocycles. The Morgan fingerprint density at radius 3 is 2.81 bits per heavy atom. The molecule has 0 saturated heterocycles. The number of anilines is 1. The third kappa shape index (κ3) is 3.25. The van der Waals surface area contributed by atoms with Gasteiger partial charge in [-0.25, -0.2) is 0 Å². The Kier molecular flexibility index (Phi) is 4.70. The lowest BCUT2D eigenvalue weighted by Gasteiger charge is -2.34.